The van der Waals surface area contributed by atoms with Gasteiger partial charge in [0.2, 0.25) is 0 Å². The first-order valence-electron chi connectivity index (χ1n) is 6.27. The Balaban J connectivity index is 1.88. The molecule has 7 heteroatoms. The van der Waals surface area contributed by atoms with Crippen molar-refractivity contribution in [3.63, 3.8) is 0 Å². The van der Waals surface area contributed by atoms with Crippen LogP contribution in [-0.4, -0.2) is 23.2 Å². The van der Waals surface area contributed by atoms with Gasteiger partial charge in [0.25, 0.3) is 0 Å². The molecule has 0 atom stereocenters. The molecule has 0 radical (unpaired) electrons. The summed E-state index contributed by atoms with van der Waals surface area (Å²) < 4.78 is 9.71. The topological polar surface area (TPSA) is 77.2 Å². The van der Waals surface area contributed by atoms with E-state index in [-0.39, 0.29) is 5.97 Å². The minimum absolute atomic E-state index is 0.219. The zero-order chi connectivity index (χ0) is 14.5. The van der Waals surface area contributed by atoms with Gasteiger partial charge < -0.3 is 14.6 Å². The lowest BCUT2D eigenvalue weighted by atomic mass is 10.2. The molecule has 2 aromatic rings. The van der Waals surface area contributed by atoms with Gasteiger partial charge >= 0.3 is 5.97 Å². The Labute approximate surface area is 121 Å². The van der Waals surface area contributed by atoms with E-state index in [9.17, 15) is 4.79 Å². The molecule has 0 amide bonds. The van der Waals surface area contributed by atoms with Gasteiger partial charge in [-0.2, -0.15) is 0 Å². The molecule has 0 aliphatic heterocycles. The summed E-state index contributed by atoms with van der Waals surface area (Å²) >= 11 is 1.52. The fourth-order valence-corrected chi connectivity index (χ4v) is 2.50. The van der Waals surface area contributed by atoms with Crippen LogP contribution in [0.5, 0.6) is 0 Å². The summed E-state index contributed by atoms with van der Waals surface area (Å²) in [5.74, 6) is 0.598. The van der Waals surface area contributed by atoms with Crippen molar-refractivity contribution in [1.29, 1.82) is 0 Å². The molecule has 20 heavy (non-hydrogen) atoms. The number of methoxy groups -OCH3 is 1. The fraction of sp³-hybridized carbons (Fsp3) is 0.462. The Kier molecular flexibility index (Phi) is 4.73. The maximum absolute atomic E-state index is 11.1. The van der Waals surface area contributed by atoms with E-state index in [4.69, 9.17) is 4.52 Å². The smallest absolute Gasteiger partial charge is 0.305 e. The summed E-state index contributed by atoms with van der Waals surface area (Å²) in [7, 11) is 1.39. The molecular weight excluding hydrogens is 278 g/mol. The van der Waals surface area contributed by atoms with Crippen LogP contribution in [0, 0.1) is 13.8 Å². The van der Waals surface area contributed by atoms with Crippen LogP contribution in [-0.2, 0) is 22.5 Å². The van der Waals surface area contributed by atoms with Crippen molar-refractivity contribution in [2.24, 2.45) is 0 Å². The summed E-state index contributed by atoms with van der Waals surface area (Å²) in [5, 5.41) is 9.92. The maximum Gasteiger partial charge on any atom is 0.305 e. The monoisotopic (exact) mass is 295 g/mol. The number of ether oxygens (including phenoxy) is 1. The first-order valence-corrected chi connectivity index (χ1v) is 7.15. The zero-order valence-corrected chi connectivity index (χ0v) is 12.5. The molecule has 0 aliphatic carbocycles. The number of carbonyl (C=O) groups is 1. The van der Waals surface area contributed by atoms with E-state index in [1.807, 2.05) is 19.2 Å². The number of anilines is 1. The second kappa shape index (κ2) is 6.51. The van der Waals surface area contributed by atoms with Crippen molar-refractivity contribution in [2.45, 2.75) is 33.2 Å². The number of carbonyl (C=O) groups excluding carboxylic acids is 1. The highest BCUT2D eigenvalue weighted by molar-refractivity contribution is 7.13. The number of nitrogens with zero attached hydrogens (tertiary/aromatic N) is 2. The first kappa shape index (κ1) is 14.5. The second-order valence-corrected chi connectivity index (χ2v) is 5.23. The molecule has 0 spiro atoms. The van der Waals surface area contributed by atoms with E-state index < -0.39 is 0 Å². The van der Waals surface area contributed by atoms with Crippen LogP contribution in [0.3, 0.4) is 0 Å². The quantitative estimate of drug-likeness (QED) is 0.825. The predicted octanol–water partition coefficient (Wildman–Crippen LogP) is 2.47. The van der Waals surface area contributed by atoms with Gasteiger partial charge in [0.1, 0.15) is 5.76 Å². The molecule has 0 aliphatic rings. The van der Waals surface area contributed by atoms with E-state index in [0.717, 1.165) is 27.8 Å². The summed E-state index contributed by atoms with van der Waals surface area (Å²) in [6.07, 6.45) is 0.944. The zero-order valence-electron chi connectivity index (χ0n) is 11.7. The van der Waals surface area contributed by atoms with Crippen molar-refractivity contribution in [2.75, 3.05) is 12.4 Å². The molecule has 0 unspecified atom stereocenters. The van der Waals surface area contributed by atoms with E-state index in [1.165, 1.54) is 18.4 Å². The van der Waals surface area contributed by atoms with Gasteiger partial charge in [-0.25, -0.2) is 4.98 Å². The van der Waals surface area contributed by atoms with Crippen molar-refractivity contribution in [1.82, 2.24) is 10.1 Å². The third-order valence-corrected chi connectivity index (χ3v) is 3.81. The van der Waals surface area contributed by atoms with Crippen LogP contribution >= 0.6 is 11.3 Å². The number of aryl methyl sites for hydroxylation is 3. The van der Waals surface area contributed by atoms with E-state index >= 15 is 0 Å². The van der Waals surface area contributed by atoms with Crippen LogP contribution < -0.4 is 5.32 Å². The number of esters is 1. The average Bonchev–Trinajstić information content (AvgIpc) is 3.02. The lowest BCUT2D eigenvalue weighted by molar-refractivity contribution is -0.140. The highest BCUT2D eigenvalue weighted by Gasteiger charge is 2.10. The van der Waals surface area contributed by atoms with Gasteiger partial charge in [-0.15, -0.1) is 11.3 Å². The predicted molar refractivity (Wildman–Crippen MR) is 75.8 cm³/mol. The molecule has 6 nitrogen and oxygen atoms in total. The molecule has 108 valence electrons. The standard InChI is InChI=1S/C13H17N3O3S/c1-8-11(9(2)19-16-8)6-14-13-15-10(7-20-13)4-5-12(17)18-3/h7H,4-6H2,1-3H3,(H,14,15). The molecule has 0 aromatic carbocycles. The minimum atomic E-state index is -0.219. The Hall–Kier alpha value is -1.89. The number of aromatic nitrogens is 2. The van der Waals surface area contributed by atoms with Gasteiger partial charge in [-0.1, -0.05) is 5.16 Å². The van der Waals surface area contributed by atoms with Gasteiger partial charge in [-0.05, 0) is 13.8 Å². The number of thiazole rings is 1. The largest absolute Gasteiger partial charge is 0.469 e. The van der Waals surface area contributed by atoms with Crippen LogP contribution in [0.2, 0.25) is 0 Å². The summed E-state index contributed by atoms with van der Waals surface area (Å²) in [4.78, 5) is 15.5. The van der Waals surface area contributed by atoms with Gasteiger partial charge in [-0.3, -0.25) is 4.79 Å². The van der Waals surface area contributed by atoms with E-state index in [1.54, 1.807) is 0 Å². The van der Waals surface area contributed by atoms with E-state index in [0.29, 0.717) is 19.4 Å². The third kappa shape index (κ3) is 3.57. The second-order valence-electron chi connectivity index (χ2n) is 4.38. The SMILES string of the molecule is COC(=O)CCc1csc(NCc2c(C)noc2C)n1. The van der Waals surface area contributed by atoms with Crippen LogP contribution in [0.1, 0.15) is 29.1 Å². The highest BCUT2D eigenvalue weighted by Crippen LogP contribution is 2.19. The average molecular weight is 295 g/mol. The molecule has 2 heterocycles. The number of rotatable bonds is 6. The van der Waals surface area contributed by atoms with Crippen molar-refractivity contribution in [3.8, 4) is 0 Å². The Bertz CT molecular complexity index is 572. The molecule has 0 saturated carbocycles. The van der Waals surface area contributed by atoms with E-state index in [2.05, 4.69) is 20.2 Å². The molecule has 1 N–H and O–H groups in total. The Morgan fingerprint density at radius 2 is 2.30 bits per heavy atom. The first-order chi connectivity index (χ1) is 9.60. The molecule has 0 bridgehead atoms. The lowest BCUT2D eigenvalue weighted by Crippen LogP contribution is -2.03. The van der Waals surface area contributed by atoms with Crippen molar-refractivity contribution in [3.05, 3.63) is 28.1 Å². The highest BCUT2D eigenvalue weighted by atomic mass is 32.1. The Morgan fingerprint density at radius 3 is 2.95 bits per heavy atom. The number of nitrogens with one attached hydrogen (secondary N) is 1. The lowest BCUT2D eigenvalue weighted by Gasteiger charge is -2.01. The summed E-state index contributed by atoms with van der Waals surface area (Å²) in [6.45, 7) is 4.43. The van der Waals surface area contributed by atoms with Crippen LogP contribution in [0.4, 0.5) is 5.13 Å². The molecule has 2 rings (SSSR count). The number of hydrogen-bond donors (Lipinski definition) is 1. The Morgan fingerprint density at radius 1 is 1.50 bits per heavy atom. The van der Waals surface area contributed by atoms with Crippen LogP contribution in [0.25, 0.3) is 0 Å². The fourth-order valence-electron chi connectivity index (χ4n) is 1.75. The minimum Gasteiger partial charge on any atom is -0.469 e. The maximum atomic E-state index is 11.1. The molecule has 0 saturated heterocycles. The van der Waals surface area contributed by atoms with Gasteiger partial charge in [0, 0.05) is 23.9 Å². The van der Waals surface area contributed by atoms with Gasteiger partial charge in [0.15, 0.2) is 5.13 Å². The molecule has 2 aromatic heterocycles. The van der Waals surface area contributed by atoms with Gasteiger partial charge in [0.05, 0.1) is 24.9 Å². The normalized spacial score (nSPS) is 10.6. The number of hydrogen-bond acceptors (Lipinski definition) is 7. The third-order valence-electron chi connectivity index (χ3n) is 2.96. The summed E-state index contributed by atoms with van der Waals surface area (Å²) in [5.41, 5.74) is 2.83. The molecular formula is C13H17N3O3S. The summed E-state index contributed by atoms with van der Waals surface area (Å²) in [6, 6.07) is 0. The van der Waals surface area contributed by atoms with Crippen molar-refractivity contribution < 1.29 is 14.1 Å². The molecule has 0 fully saturated rings. The van der Waals surface area contributed by atoms with Crippen LogP contribution in [0.15, 0.2) is 9.90 Å². The van der Waals surface area contributed by atoms with Crippen molar-refractivity contribution >= 4 is 22.4 Å².